The highest BCUT2D eigenvalue weighted by Crippen LogP contribution is 2.21. The lowest BCUT2D eigenvalue weighted by molar-refractivity contribution is 0.0987. The van der Waals surface area contributed by atoms with E-state index in [1.54, 1.807) is 45.0 Å². The maximum Gasteiger partial charge on any atom is 0.294 e. The van der Waals surface area contributed by atoms with Crippen molar-refractivity contribution in [3.63, 3.8) is 0 Å². The van der Waals surface area contributed by atoms with Crippen LogP contribution in [0.1, 0.15) is 36.9 Å². The van der Waals surface area contributed by atoms with Crippen molar-refractivity contribution in [3.05, 3.63) is 41.7 Å². The molecule has 0 atom stereocenters. The van der Waals surface area contributed by atoms with Gasteiger partial charge in [0.15, 0.2) is 9.84 Å². The number of nitrogens with one attached hydrogen (secondary N) is 1. The standard InChI is InChI=1S/C16H20N2O5S/c1-16(2,3)24(20,21)10-11-5-7-12(8-6-11)17-15(19)13-9-14(22-4)18-23-13/h5-9H,10H2,1-4H3,(H,17,19). The molecule has 0 aliphatic rings. The van der Waals surface area contributed by atoms with Gasteiger partial charge in [0.05, 0.1) is 23.7 Å². The van der Waals surface area contributed by atoms with Gasteiger partial charge < -0.3 is 14.6 Å². The van der Waals surface area contributed by atoms with Gasteiger partial charge in [-0.15, -0.1) is 0 Å². The molecule has 24 heavy (non-hydrogen) atoms. The van der Waals surface area contributed by atoms with Crippen molar-refractivity contribution < 1.29 is 22.5 Å². The molecule has 8 heteroatoms. The largest absolute Gasteiger partial charge is 0.479 e. The summed E-state index contributed by atoms with van der Waals surface area (Å²) in [5.74, 6) is -0.292. The molecule has 2 aromatic rings. The summed E-state index contributed by atoms with van der Waals surface area (Å²) in [5, 5.41) is 6.19. The van der Waals surface area contributed by atoms with Gasteiger partial charge in [-0.1, -0.05) is 12.1 Å². The Labute approximate surface area is 140 Å². The molecule has 1 amide bonds. The zero-order chi connectivity index (χ0) is 18.0. The second-order valence-electron chi connectivity index (χ2n) is 6.26. The molecule has 1 N–H and O–H groups in total. The second kappa shape index (κ2) is 6.64. The topological polar surface area (TPSA) is 98.5 Å². The lowest BCUT2D eigenvalue weighted by atomic mass is 10.2. The number of carbonyl (C=O) groups excluding carboxylic acids is 1. The first-order valence-corrected chi connectivity index (χ1v) is 8.91. The van der Waals surface area contributed by atoms with E-state index in [1.807, 2.05) is 0 Å². The molecule has 1 heterocycles. The molecule has 0 saturated heterocycles. The van der Waals surface area contributed by atoms with E-state index in [1.165, 1.54) is 13.2 Å². The molecule has 1 aromatic carbocycles. The number of ether oxygens (including phenoxy) is 1. The average Bonchev–Trinajstić information content (AvgIpc) is 2.97. The van der Waals surface area contributed by atoms with E-state index in [2.05, 4.69) is 10.5 Å². The quantitative estimate of drug-likeness (QED) is 0.888. The van der Waals surface area contributed by atoms with Crippen LogP contribution in [0.5, 0.6) is 5.88 Å². The Morgan fingerprint density at radius 2 is 1.88 bits per heavy atom. The number of hydrogen-bond donors (Lipinski definition) is 1. The highest BCUT2D eigenvalue weighted by Gasteiger charge is 2.28. The van der Waals surface area contributed by atoms with Crippen molar-refractivity contribution in [2.75, 3.05) is 12.4 Å². The fraction of sp³-hybridized carbons (Fsp3) is 0.375. The second-order valence-corrected chi connectivity index (χ2v) is 9.00. The van der Waals surface area contributed by atoms with Crippen LogP contribution in [0.2, 0.25) is 0 Å². The van der Waals surface area contributed by atoms with Gasteiger partial charge in [0.25, 0.3) is 11.8 Å². The van der Waals surface area contributed by atoms with Crippen LogP contribution in [0, 0.1) is 0 Å². The number of methoxy groups -OCH3 is 1. The van der Waals surface area contributed by atoms with Gasteiger partial charge in [0, 0.05) is 5.69 Å². The Bertz CT molecular complexity index is 817. The summed E-state index contributed by atoms with van der Waals surface area (Å²) in [6.45, 7) is 5.01. The Kier molecular flexibility index (Phi) is 4.98. The Morgan fingerprint density at radius 3 is 2.38 bits per heavy atom. The predicted octanol–water partition coefficient (Wildman–Crippen LogP) is 2.65. The number of hydrogen-bond acceptors (Lipinski definition) is 6. The van der Waals surface area contributed by atoms with Gasteiger partial charge in [-0.05, 0) is 43.6 Å². The van der Waals surface area contributed by atoms with E-state index >= 15 is 0 Å². The first-order valence-electron chi connectivity index (χ1n) is 7.26. The van der Waals surface area contributed by atoms with Gasteiger partial charge in [0.2, 0.25) is 5.76 Å². The first kappa shape index (κ1) is 18.0. The minimum Gasteiger partial charge on any atom is -0.479 e. The van der Waals surface area contributed by atoms with E-state index < -0.39 is 20.5 Å². The molecule has 0 saturated carbocycles. The smallest absolute Gasteiger partial charge is 0.294 e. The van der Waals surface area contributed by atoms with Gasteiger partial charge in [-0.3, -0.25) is 4.79 Å². The van der Waals surface area contributed by atoms with Crippen LogP contribution in [0.4, 0.5) is 5.69 Å². The van der Waals surface area contributed by atoms with Crippen LogP contribution in [0.25, 0.3) is 0 Å². The zero-order valence-electron chi connectivity index (χ0n) is 14.0. The fourth-order valence-electron chi connectivity index (χ4n) is 1.78. The SMILES string of the molecule is COc1cc(C(=O)Nc2ccc(CS(=O)(=O)C(C)(C)C)cc2)on1. The summed E-state index contributed by atoms with van der Waals surface area (Å²) in [6.07, 6.45) is 0. The molecular weight excluding hydrogens is 332 g/mol. The maximum absolute atomic E-state index is 12.2. The number of sulfone groups is 1. The number of anilines is 1. The van der Waals surface area contributed by atoms with E-state index in [0.29, 0.717) is 11.3 Å². The van der Waals surface area contributed by atoms with Crippen LogP contribution in [0.3, 0.4) is 0 Å². The Balaban J connectivity index is 2.06. The van der Waals surface area contributed by atoms with Crippen molar-refractivity contribution in [3.8, 4) is 5.88 Å². The van der Waals surface area contributed by atoms with Crippen LogP contribution < -0.4 is 10.1 Å². The Morgan fingerprint density at radius 1 is 1.25 bits per heavy atom. The van der Waals surface area contributed by atoms with Crippen molar-refractivity contribution >= 4 is 21.4 Å². The molecule has 0 aliphatic carbocycles. The number of carbonyl (C=O) groups is 1. The summed E-state index contributed by atoms with van der Waals surface area (Å²) in [6, 6.07) is 7.98. The fourth-order valence-corrected chi connectivity index (χ4v) is 2.84. The van der Waals surface area contributed by atoms with Crippen LogP contribution in [-0.4, -0.2) is 31.3 Å². The molecular formula is C16H20N2O5S. The van der Waals surface area contributed by atoms with Crippen molar-refractivity contribution in [1.82, 2.24) is 5.16 Å². The molecule has 130 valence electrons. The third-order valence-electron chi connectivity index (χ3n) is 3.42. The summed E-state index contributed by atoms with van der Waals surface area (Å²) >= 11 is 0. The van der Waals surface area contributed by atoms with Crippen molar-refractivity contribution in [2.45, 2.75) is 31.3 Å². The zero-order valence-corrected chi connectivity index (χ0v) is 14.8. The number of nitrogens with zero attached hydrogens (tertiary/aromatic N) is 1. The third-order valence-corrected chi connectivity index (χ3v) is 6.00. The molecule has 0 spiro atoms. The molecule has 2 rings (SSSR count). The summed E-state index contributed by atoms with van der Waals surface area (Å²) in [5.41, 5.74) is 1.18. The van der Waals surface area contributed by atoms with Gasteiger partial charge in [-0.2, -0.15) is 0 Å². The number of aromatic nitrogens is 1. The Hall–Kier alpha value is -2.35. The summed E-state index contributed by atoms with van der Waals surface area (Å²) < 4.78 is 33.3. The average molecular weight is 352 g/mol. The lowest BCUT2D eigenvalue weighted by Gasteiger charge is -2.19. The molecule has 0 aliphatic heterocycles. The number of benzene rings is 1. The first-order chi connectivity index (χ1) is 11.1. The van der Waals surface area contributed by atoms with Crippen LogP contribution in [0.15, 0.2) is 34.9 Å². The van der Waals surface area contributed by atoms with Gasteiger partial charge >= 0.3 is 0 Å². The lowest BCUT2D eigenvalue weighted by Crippen LogP contribution is -2.29. The van der Waals surface area contributed by atoms with Crippen molar-refractivity contribution in [2.24, 2.45) is 0 Å². The molecule has 0 fully saturated rings. The summed E-state index contributed by atoms with van der Waals surface area (Å²) in [7, 11) is -1.83. The predicted molar refractivity (Wildman–Crippen MR) is 89.8 cm³/mol. The van der Waals surface area contributed by atoms with Crippen LogP contribution >= 0.6 is 0 Å². The van der Waals surface area contributed by atoms with E-state index in [-0.39, 0.29) is 17.4 Å². The third kappa shape index (κ3) is 4.14. The monoisotopic (exact) mass is 352 g/mol. The molecule has 0 unspecified atom stereocenters. The van der Waals surface area contributed by atoms with Gasteiger partial charge in [-0.25, -0.2) is 8.42 Å². The minimum atomic E-state index is -3.25. The van der Waals surface area contributed by atoms with E-state index in [0.717, 1.165) is 0 Å². The number of amides is 1. The van der Waals surface area contributed by atoms with Crippen LogP contribution in [-0.2, 0) is 15.6 Å². The molecule has 1 aromatic heterocycles. The highest BCUT2D eigenvalue weighted by atomic mass is 32.2. The molecule has 0 bridgehead atoms. The van der Waals surface area contributed by atoms with Gasteiger partial charge in [0.1, 0.15) is 0 Å². The maximum atomic E-state index is 12.2. The minimum absolute atomic E-state index is 0.0197. The molecule has 7 nitrogen and oxygen atoms in total. The normalized spacial score (nSPS) is 12.0. The van der Waals surface area contributed by atoms with E-state index in [9.17, 15) is 13.2 Å². The highest BCUT2D eigenvalue weighted by molar-refractivity contribution is 7.91. The number of rotatable bonds is 5. The van der Waals surface area contributed by atoms with E-state index in [4.69, 9.17) is 9.26 Å². The van der Waals surface area contributed by atoms with Crippen molar-refractivity contribution in [1.29, 1.82) is 0 Å². The molecule has 0 radical (unpaired) electrons. The summed E-state index contributed by atoms with van der Waals surface area (Å²) in [4.78, 5) is 12.0.